The van der Waals surface area contributed by atoms with E-state index in [9.17, 15) is 0 Å². The molecule has 1 saturated heterocycles. The number of hydrogen-bond donors (Lipinski definition) is 1. The fourth-order valence-corrected chi connectivity index (χ4v) is 3.73. The maximum atomic E-state index is 4.78. The van der Waals surface area contributed by atoms with Crippen LogP contribution >= 0.6 is 0 Å². The SMILES string of the molecule is CCc1cccc(CC)c1Nc1nncc(N2CCCCC2CC)n1. The first-order valence-corrected chi connectivity index (χ1v) is 9.60. The average molecular weight is 339 g/mol. The average Bonchev–Trinajstić information content (AvgIpc) is 2.68. The predicted molar refractivity (Wildman–Crippen MR) is 104 cm³/mol. The lowest BCUT2D eigenvalue weighted by Crippen LogP contribution is -2.39. The number of para-hydroxylation sites is 1. The largest absolute Gasteiger partial charge is 0.352 e. The molecule has 2 aromatic rings. The van der Waals surface area contributed by atoms with Gasteiger partial charge in [-0.05, 0) is 49.7 Å². The lowest BCUT2D eigenvalue weighted by molar-refractivity contribution is 0.446. The molecule has 25 heavy (non-hydrogen) atoms. The molecule has 2 heterocycles. The molecule has 5 nitrogen and oxygen atoms in total. The van der Waals surface area contributed by atoms with Crippen LogP contribution in [0.3, 0.4) is 0 Å². The second-order valence-electron chi connectivity index (χ2n) is 6.67. The summed E-state index contributed by atoms with van der Waals surface area (Å²) < 4.78 is 0. The molecule has 1 aromatic heterocycles. The molecule has 1 aliphatic heterocycles. The molecule has 1 unspecified atom stereocenters. The van der Waals surface area contributed by atoms with Gasteiger partial charge in [0.05, 0.1) is 6.20 Å². The van der Waals surface area contributed by atoms with Crippen molar-refractivity contribution in [2.45, 2.75) is 65.3 Å². The number of benzene rings is 1. The Labute approximate surface area is 150 Å². The zero-order chi connectivity index (χ0) is 17.6. The van der Waals surface area contributed by atoms with E-state index in [1.165, 1.54) is 30.4 Å². The molecule has 5 heteroatoms. The standard InChI is InChI=1S/C20H29N5/c1-4-15-10-9-11-16(5-2)19(15)23-20-22-18(14-21-24-20)25-13-8-7-12-17(25)6-3/h9-11,14,17H,4-8,12-13H2,1-3H3,(H,22,23,24). The molecule has 0 bridgehead atoms. The summed E-state index contributed by atoms with van der Waals surface area (Å²) in [5, 5.41) is 11.9. The second kappa shape index (κ2) is 8.28. The molecular formula is C20H29N5. The van der Waals surface area contributed by atoms with Crippen LogP contribution in [0.5, 0.6) is 0 Å². The fraction of sp³-hybridized carbons (Fsp3) is 0.550. The van der Waals surface area contributed by atoms with Gasteiger partial charge in [0, 0.05) is 18.3 Å². The highest BCUT2D eigenvalue weighted by molar-refractivity contribution is 5.64. The number of piperidine rings is 1. The minimum Gasteiger partial charge on any atom is -0.352 e. The maximum Gasteiger partial charge on any atom is 0.249 e. The van der Waals surface area contributed by atoms with E-state index in [-0.39, 0.29) is 0 Å². The van der Waals surface area contributed by atoms with Crippen LogP contribution in [-0.4, -0.2) is 27.8 Å². The molecule has 0 amide bonds. The van der Waals surface area contributed by atoms with Gasteiger partial charge in [-0.3, -0.25) is 0 Å². The Bertz CT molecular complexity index is 678. The highest BCUT2D eigenvalue weighted by Gasteiger charge is 2.22. The van der Waals surface area contributed by atoms with Crippen molar-refractivity contribution >= 4 is 17.5 Å². The van der Waals surface area contributed by atoms with Gasteiger partial charge in [0.2, 0.25) is 5.95 Å². The number of aromatic nitrogens is 3. The summed E-state index contributed by atoms with van der Waals surface area (Å²) in [4.78, 5) is 7.18. The van der Waals surface area contributed by atoms with Gasteiger partial charge in [0.1, 0.15) is 0 Å². The first-order chi connectivity index (χ1) is 12.3. The van der Waals surface area contributed by atoms with Gasteiger partial charge >= 0.3 is 0 Å². The molecule has 0 spiro atoms. The van der Waals surface area contributed by atoms with Gasteiger partial charge < -0.3 is 10.2 Å². The van der Waals surface area contributed by atoms with E-state index in [0.29, 0.717) is 12.0 Å². The minimum atomic E-state index is 0.562. The monoisotopic (exact) mass is 339 g/mol. The number of rotatable bonds is 6. The van der Waals surface area contributed by atoms with Crippen LogP contribution in [-0.2, 0) is 12.8 Å². The van der Waals surface area contributed by atoms with E-state index in [1.54, 1.807) is 6.20 Å². The van der Waals surface area contributed by atoms with Crippen molar-refractivity contribution in [3.8, 4) is 0 Å². The quantitative estimate of drug-likeness (QED) is 0.839. The zero-order valence-electron chi connectivity index (χ0n) is 15.6. The number of hydrogen-bond acceptors (Lipinski definition) is 5. The fourth-order valence-electron chi connectivity index (χ4n) is 3.73. The van der Waals surface area contributed by atoms with Crippen LogP contribution in [0.4, 0.5) is 17.5 Å². The van der Waals surface area contributed by atoms with E-state index < -0.39 is 0 Å². The van der Waals surface area contributed by atoms with Crippen molar-refractivity contribution in [2.75, 3.05) is 16.8 Å². The Hall–Kier alpha value is -2.17. The van der Waals surface area contributed by atoms with E-state index in [4.69, 9.17) is 4.98 Å². The normalized spacial score (nSPS) is 17.6. The van der Waals surface area contributed by atoms with E-state index >= 15 is 0 Å². The van der Waals surface area contributed by atoms with Gasteiger partial charge in [-0.25, -0.2) is 0 Å². The molecule has 0 aliphatic carbocycles. The van der Waals surface area contributed by atoms with Crippen molar-refractivity contribution in [3.05, 3.63) is 35.5 Å². The zero-order valence-corrected chi connectivity index (χ0v) is 15.6. The molecule has 1 aromatic carbocycles. The lowest BCUT2D eigenvalue weighted by atomic mass is 10.0. The van der Waals surface area contributed by atoms with Gasteiger partial charge in [0.15, 0.2) is 5.82 Å². The topological polar surface area (TPSA) is 53.9 Å². The van der Waals surface area contributed by atoms with Crippen LogP contribution in [0.25, 0.3) is 0 Å². The van der Waals surface area contributed by atoms with Crippen LogP contribution in [0.2, 0.25) is 0 Å². The molecule has 134 valence electrons. The Kier molecular flexibility index (Phi) is 5.84. The lowest BCUT2D eigenvalue weighted by Gasteiger charge is -2.35. The van der Waals surface area contributed by atoms with Crippen LogP contribution in [0.15, 0.2) is 24.4 Å². The summed E-state index contributed by atoms with van der Waals surface area (Å²) in [6.45, 7) is 7.66. The Balaban J connectivity index is 1.88. The summed E-state index contributed by atoms with van der Waals surface area (Å²) in [7, 11) is 0. The predicted octanol–water partition coefficient (Wildman–Crippen LogP) is 4.51. The molecule has 1 N–H and O–H groups in total. The van der Waals surface area contributed by atoms with Crippen LogP contribution in [0, 0.1) is 0 Å². The van der Waals surface area contributed by atoms with Crippen molar-refractivity contribution in [1.82, 2.24) is 15.2 Å². The summed E-state index contributed by atoms with van der Waals surface area (Å²) in [6.07, 6.45) is 8.67. The third-order valence-electron chi connectivity index (χ3n) is 5.17. The van der Waals surface area contributed by atoms with Crippen molar-refractivity contribution in [3.63, 3.8) is 0 Å². The van der Waals surface area contributed by atoms with Crippen molar-refractivity contribution in [2.24, 2.45) is 0 Å². The number of nitrogens with zero attached hydrogens (tertiary/aromatic N) is 4. The number of aryl methyl sites for hydroxylation is 2. The molecule has 0 saturated carbocycles. The Morgan fingerprint density at radius 2 is 1.88 bits per heavy atom. The summed E-state index contributed by atoms with van der Waals surface area (Å²) in [5.74, 6) is 1.53. The molecule has 1 atom stereocenters. The summed E-state index contributed by atoms with van der Waals surface area (Å²) >= 11 is 0. The van der Waals surface area contributed by atoms with E-state index in [2.05, 4.69) is 59.4 Å². The maximum absolute atomic E-state index is 4.78. The molecule has 1 aliphatic rings. The van der Waals surface area contributed by atoms with Crippen molar-refractivity contribution in [1.29, 1.82) is 0 Å². The highest BCUT2D eigenvalue weighted by atomic mass is 15.3. The van der Waals surface area contributed by atoms with Crippen LogP contribution < -0.4 is 10.2 Å². The van der Waals surface area contributed by atoms with Crippen molar-refractivity contribution < 1.29 is 0 Å². The first kappa shape index (κ1) is 17.6. The van der Waals surface area contributed by atoms with Crippen LogP contribution in [0.1, 0.15) is 57.6 Å². The smallest absolute Gasteiger partial charge is 0.249 e. The van der Waals surface area contributed by atoms with E-state index in [0.717, 1.165) is 37.3 Å². The highest BCUT2D eigenvalue weighted by Crippen LogP contribution is 2.27. The van der Waals surface area contributed by atoms with Gasteiger partial charge in [-0.15, -0.1) is 5.10 Å². The molecule has 1 fully saturated rings. The van der Waals surface area contributed by atoms with Gasteiger partial charge in [-0.1, -0.05) is 39.0 Å². The Morgan fingerprint density at radius 1 is 1.12 bits per heavy atom. The Morgan fingerprint density at radius 3 is 2.56 bits per heavy atom. The van der Waals surface area contributed by atoms with Gasteiger partial charge in [0.25, 0.3) is 0 Å². The third kappa shape index (κ3) is 3.91. The number of anilines is 3. The molecule has 3 rings (SSSR count). The number of nitrogens with one attached hydrogen (secondary N) is 1. The first-order valence-electron chi connectivity index (χ1n) is 9.60. The summed E-state index contributed by atoms with van der Waals surface area (Å²) in [5.41, 5.74) is 3.72. The van der Waals surface area contributed by atoms with Gasteiger partial charge in [-0.2, -0.15) is 10.1 Å². The summed E-state index contributed by atoms with van der Waals surface area (Å²) in [6, 6.07) is 7.01. The molecular weight excluding hydrogens is 310 g/mol. The molecule has 0 radical (unpaired) electrons. The minimum absolute atomic E-state index is 0.562. The van der Waals surface area contributed by atoms with E-state index in [1.807, 2.05) is 0 Å². The third-order valence-corrected chi connectivity index (χ3v) is 5.17. The second-order valence-corrected chi connectivity index (χ2v) is 6.67.